The second-order valence-corrected chi connectivity index (χ2v) is 6.65. The maximum Gasteiger partial charge on any atom is 0.244 e. The van der Waals surface area contributed by atoms with E-state index in [-0.39, 0.29) is 24.4 Å². The van der Waals surface area contributed by atoms with Gasteiger partial charge in [-0.05, 0) is 48.1 Å². The van der Waals surface area contributed by atoms with E-state index in [4.69, 9.17) is 0 Å². The number of amides is 2. The van der Waals surface area contributed by atoms with Crippen LogP contribution >= 0.6 is 11.3 Å². The Balaban J connectivity index is 1.52. The summed E-state index contributed by atoms with van der Waals surface area (Å²) < 4.78 is 0. The Morgan fingerprint density at radius 1 is 1.46 bits per heavy atom. The minimum atomic E-state index is -0.284. The van der Waals surface area contributed by atoms with E-state index in [1.165, 1.54) is 16.5 Å². The van der Waals surface area contributed by atoms with Crippen molar-refractivity contribution < 1.29 is 9.59 Å². The number of carbonyl (C=O) groups is 2. The molecule has 5 nitrogen and oxygen atoms in total. The predicted octanol–water partition coefficient (Wildman–Crippen LogP) is 2.42. The first-order valence-electron chi connectivity index (χ1n) is 7.87. The molecule has 1 atom stereocenters. The number of rotatable bonds is 4. The molecule has 124 valence electrons. The number of carbonyl (C=O) groups excluding carboxylic acids is 2. The third kappa shape index (κ3) is 3.71. The Bertz CT molecular complexity index is 755. The molecule has 0 spiro atoms. The minimum Gasteiger partial charge on any atom is -0.343 e. The molecule has 6 heteroatoms. The van der Waals surface area contributed by atoms with E-state index in [0.29, 0.717) is 6.54 Å². The fourth-order valence-corrected chi connectivity index (χ4v) is 3.78. The van der Waals surface area contributed by atoms with Gasteiger partial charge >= 0.3 is 0 Å². The number of thiophene rings is 1. The number of hydrogen-bond donors (Lipinski definition) is 1. The highest BCUT2D eigenvalue weighted by molar-refractivity contribution is 7.10. The smallest absolute Gasteiger partial charge is 0.244 e. The minimum absolute atomic E-state index is 0.0139. The van der Waals surface area contributed by atoms with Crippen molar-refractivity contribution in [3.8, 4) is 0 Å². The maximum atomic E-state index is 12.4. The molecule has 2 aromatic heterocycles. The summed E-state index contributed by atoms with van der Waals surface area (Å²) in [4.78, 5) is 31.4. The normalized spacial score (nSPS) is 16.9. The largest absolute Gasteiger partial charge is 0.343 e. The van der Waals surface area contributed by atoms with Crippen molar-refractivity contribution in [1.82, 2.24) is 15.2 Å². The van der Waals surface area contributed by atoms with Gasteiger partial charge in [0.2, 0.25) is 11.8 Å². The van der Waals surface area contributed by atoms with Crippen LogP contribution in [0.1, 0.15) is 29.0 Å². The van der Waals surface area contributed by atoms with Crippen LogP contribution in [0.25, 0.3) is 6.08 Å². The molecule has 0 bridgehead atoms. The quantitative estimate of drug-likeness (QED) is 0.869. The first kappa shape index (κ1) is 16.4. The second kappa shape index (κ2) is 7.40. The van der Waals surface area contributed by atoms with Gasteiger partial charge in [-0.3, -0.25) is 14.6 Å². The van der Waals surface area contributed by atoms with Crippen LogP contribution in [0.15, 0.2) is 42.0 Å². The van der Waals surface area contributed by atoms with Crippen LogP contribution in [0.3, 0.4) is 0 Å². The Kier molecular flexibility index (Phi) is 5.05. The van der Waals surface area contributed by atoms with Crippen molar-refractivity contribution in [1.29, 1.82) is 0 Å². The highest BCUT2D eigenvalue weighted by Gasteiger charge is 2.28. The van der Waals surface area contributed by atoms with Gasteiger partial charge < -0.3 is 10.2 Å². The zero-order chi connectivity index (χ0) is 16.9. The lowest BCUT2D eigenvalue weighted by atomic mass is 10.0. The Labute approximate surface area is 145 Å². The summed E-state index contributed by atoms with van der Waals surface area (Å²) in [5.74, 6) is -0.337. The maximum absolute atomic E-state index is 12.4. The monoisotopic (exact) mass is 341 g/mol. The van der Waals surface area contributed by atoms with Crippen molar-refractivity contribution in [2.75, 3.05) is 13.1 Å². The summed E-state index contributed by atoms with van der Waals surface area (Å²) in [7, 11) is 0. The van der Waals surface area contributed by atoms with Gasteiger partial charge in [0.1, 0.15) is 0 Å². The van der Waals surface area contributed by atoms with E-state index >= 15 is 0 Å². The molecule has 0 aliphatic carbocycles. The summed E-state index contributed by atoms with van der Waals surface area (Å²) in [5.41, 5.74) is 2.07. The fraction of sp³-hybridized carbons (Fsp3) is 0.278. The van der Waals surface area contributed by atoms with E-state index in [1.807, 2.05) is 17.9 Å². The predicted molar refractivity (Wildman–Crippen MR) is 94.4 cm³/mol. The van der Waals surface area contributed by atoms with Crippen LogP contribution in [-0.4, -0.2) is 34.8 Å². The number of hydrogen-bond acceptors (Lipinski definition) is 4. The van der Waals surface area contributed by atoms with E-state index in [9.17, 15) is 9.59 Å². The standard InChI is InChI=1S/C18H19N3O2S/c1-13-15-7-10-24-16(15)6-9-21(13)18(23)12-20-17(22)5-4-14-3-2-8-19-11-14/h2-5,7-8,10-11,13H,6,9,12H2,1H3,(H,20,22)/b5-4+. The number of aromatic nitrogens is 1. The summed E-state index contributed by atoms with van der Waals surface area (Å²) in [6, 6.07) is 5.81. The SMILES string of the molecule is CC1c2ccsc2CCN1C(=O)CNC(=O)/C=C/c1cccnc1. The lowest BCUT2D eigenvalue weighted by Gasteiger charge is -2.33. The molecule has 0 radical (unpaired) electrons. The van der Waals surface area contributed by atoms with Crippen LogP contribution in [-0.2, 0) is 16.0 Å². The van der Waals surface area contributed by atoms with E-state index in [0.717, 1.165) is 12.0 Å². The molecule has 2 aromatic rings. The number of nitrogens with one attached hydrogen (secondary N) is 1. The van der Waals surface area contributed by atoms with Crippen molar-refractivity contribution in [2.45, 2.75) is 19.4 Å². The van der Waals surface area contributed by atoms with Gasteiger partial charge in [-0.15, -0.1) is 11.3 Å². The van der Waals surface area contributed by atoms with Crippen LogP contribution < -0.4 is 5.32 Å². The number of fused-ring (bicyclic) bond motifs is 1. The molecule has 1 aliphatic heterocycles. The van der Waals surface area contributed by atoms with Crippen molar-refractivity contribution >= 4 is 29.2 Å². The van der Waals surface area contributed by atoms with Gasteiger partial charge in [0, 0.05) is 29.9 Å². The van der Waals surface area contributed by atoms with Crippen molar-refractivity contribution in [3.63, 3.8) is 0 Å². The van der Waals surface area contributed by atoms with Gasteiger partial charge in [0.05, 0.1) is 12.6 Å². The molecule has 2 amide bonds. The average Bonchev–Trinajstić information content (AvgIpc) is 3.09. The lowest BCUT2D eigenvalue weighted by molar-refractivity contribution is -0.134. The lowest BCUT2D eigenvalue weighted by Crippen LogP contribution is -2.43. The Morgan fingerprint density at radius 3 is 3.12 bits per heavy atom. The Morgan fingerprint density at radius 2 is 2.33 bits per heavy atom. The number of pyridine rings is 1. The molecule has 1 unspecified atom stereocenters. The molecular formula is C18H19N3O2S. The topological polar surface area (TPSA) is 62.3 Å². The molecule has 0 saturated heterocycles. The van der Waals surface area contributed by atoms with Crippen LogP contribution in [0, 0.1) is 0 Å². The Hall–Kier alpha value is -2.47. The van der Waals surface area contributed by atoms with E-state index in [2.05, 4.69) is 21.7 Å². The van der Waals surface area contributed by atoms with Crippen LogP contribution in [0.4, 0.5) is 0 Å². The third-order valence-corrected chi connectivity index (χ3v) is 5.12. The van der Waals surface area contributed by atoms with E-state index < -0.39 is 0 Å². The summed E-state index contributed by atoms with van der Waals surface area (Å²) in [6.45, 7) is 2.75. The fourth-order valence-electron chi connectivity index (χ4n) is 2.82. The molecule has 3 rings (SSSR count). The highest BCUT2D eigenvalue weighted by atomic mass is 32.1. The molecule has 0 aromatic carbocycles. The van der Waals surface area contributed by atoms with Gasteiger partial charge in [0.25, 0.3) is 0 Å². The zero-order valence-corrected chi connectivity index (χ0v) is 14.3. The molecule has 0 fully saturated rings. The van der Waals surface area contributed by atoms with Gasteiger partial charge in [-0.25, -0.2) is 0 Å². The van der Waals surface area contributed by atoms with Crippen LogP contribution in [0.2, 0.25) is 0 Å². The van der Waals surface area contributed by atoms with Gasteiger partial charge in [-0.2, -0.15) is 0 Å². The summed E-state index contributed by atoms with van der Waals surface area (Å²) >= 11 is 1.74. The second-order valence-electron chi connectivity index (χ2n) is 5.65. The zero-order valence-electron chi connectivity index (χ0n) is 13.4. The first-order valence-corrected chi connectivity index (χ1v) is 8.75. The van der Waals surface area contributed by atoms with Gasteiger partial charge in [-0.1, -0.05) is 6.07 Å². The average molecular weight is 341 g/mol. The third-order valence-electron chi connectivity index (χ3n) is 4.12. The molecule has 24 heavy (non-hydrogen) atoms. The van der Waals surface area contributed by atoms with Crippen molar-refractivity contribution in [2.24, 2.45) is 0 Å². The van der Waals surface area contributed by atoms with E-state index in [1.54, 1.807) is 35.9 Å². The highest BCUT2D eigenvalue weighted by Crippen LogP contribution is 2.32. The summed E-state index contributed by atoms with van der Waals surface area (Å²) in [5, 5.41) is 4.72. The molecule has 0 saturated carbocycles. The first-order chi connectivity index (χ1) is 11.6. The van der Waals surface area contributed by atoms with Crippen LogP contribution in [0.5, 0.6) is 0 Å². The van der Waals surface area contributed by atoms with Gasteiger partial charge in [0.15, 0.2) is 0 Å². The molecule has 3 heterocycles. The molecule has 1 N–H and O–H groups in total. The summed E-state index contributed by atoms with van der Waals surface area (Å²) in [6.07, 6.45) is 7.32. The molecule has 1 aliphatic rings. The van der Waals surface area contributed by atoms with Crippen molar-refractivity contribution in [3.05, 3.63) is 58.1 Å². The molecular weight excluding hydrogens is 322 g/mol. The number of nitrogens with zero attached hydrogens (tertiary/aromatic N) is 2.